The number of hydrogen-bond acceptors (Lipinski definition) is 1. The molecular weight excluding hydrogens is 291 g/mol. The second kappa shape index (κ2) is 4.59. The van der Waals surface area contributed by atoms with E-state index in [0.717, 1.165) is 5.69 Å². The van der Waals surface area contributed by atoms with E-state index in [0.29, 0.717) is 21.0 Å². The molecule has 0 bridgehead atoms. The number of hydrazine groups is 1. The van der Waals surface area contributed by atoms with Crippen molar-refractivity contribution < 1.29 is 4.68 Å². The Morgan fingerprint density at radius 2 is 1.67 bits per heavy atom. The monoisotopic (exact) mass is 305 g/mol. The molecule has 0 fully saturated rings. The van der Waals surface area contributed by atoms with E-state index in [9.17, 15) is 0 Å². The molecule has 1 atom stereocenters. The van der Waals surface area contributed by atoms with Crippen LogP contribution in [0, 0.1) is 5.92 Å². The topological polar surface area (TPSA) is 15.0 Å². The molecule has 5 heteroatoms. The predicted molar refractivity (Wildman–Crippen MR) is 78.5 cm³/mol. The Kier molecular flexibility index (Phi) is 3.56. The first-order valence-corrected chi connectivity index (χ1v) is 6.93. The zero-order valence-corrected chi connectivity index (χ0v) is 13.1. The number of halogens is 3. The van der Waals surface area contributed by atoms with Gasteiger partial charge in [0.15, 0.2) is 5.71 Å². The molecule has 1 aromatic rings. The maximum Gasteiger partial charge on any atom is 0.272 e. The van der Waals surface area contributed by atoms with Gasteiger partial charge >= 0.3 is 0 Å². The molecule has 1 aliphatic rings. The minimum absolute atomic E-state index is 0.0314. The van der Waals surface area contributed by atoms with E-state index in [-0.39, 0.29) is 5.54 Å². The van der Waals surface area contributed by atoms with Crippen LogP contribution >= 0.6 is 34.8 Å². The number of nitrogens with zero attached hydrogens (tertiary/aromatic N) is 1. The summed E-state index contributed by atoms with van der Waals surface area (Å²) in [5.74, 6) is 0.389. The normalized spacial score (nSPS) is 22.3. The Hall–Kier alpha value is -0.440. The number of nitrogens with one attached hydrogen (secondary N) is 1. The Bertz CT molecular complexity index is 512. The van der Waals surface area contributed by atoms with Crippen molar-refractivity contribution in [2.75, 3.05) is 0 Å². The maximum atomic E-state index is 6.26. The third-order valence-electron chi connectivity index (χ3n) is 3.67. The van der Waals surface area contributed by atoms with Crippen molar-refractivity contribution in [1.29, 1.82) is 0 Å². The number of rotatable bonds is 1. The third kappa shape index (κ3) is 2.22. The van der Waals surface area contributed by atoms with Gasteiger partial charge < -0.3 is 0 Å². The van der Waals surface area contributed by atoms with Gasteiger partial charge in [0.1, 0.15) is 10.0 Å². The van der Waals surface area contributed by atoms with Gasteiger partial charge in [0.2, 0.25) is 0 Å². The molecule has 0 amide bonds. The third-order valence-corrected chi connectivity index (χ3v) is 4.46. The van der Waals surface area contributed by atoms with Crippen molar-refractivity contribution in [3.05, 3.63) is 27.2 Å². The second-order valence-electron chi connectivity index (χ2n) is 5.25. The van der Waals surface area contributed by atoms with Crippen LogP contribution in [0.15, 0.2) is 12.1 Å². The van der Waals surface area contributed by atoms with Crippen LogP contribution in [0.5, 0.6) is 0 Å². The summed E-state index contributed by atoms with van der Waals surface area (Å²) in [4.78, 5) is 0. The molecule has 1 aliphatic heterocycles. The van der Waals surface area contributed by atoms with Crippen LogP contribution in [0.25, 0.3) is 0 Å². The Labute approximate surface area is 123 Å². The highest BCUT2D eigenvalue weighted by atomic mass is 35.5. The summed E-state index contributed by atoms with van der Waals surface area (Å²) in [6.07, 6.45) is 0. The van der Waals surface area contributed by atoms with Crippen LogP contribution in [-0.4, -0.2) is 15.9 Å². The second-order valence-corrected chi connectivity index (χ2v) is 6.50. The molecule has 1 aromatic carbocycles. The molecular formula is C13H16Cl3N2+. The Morgan fingerprint density at radius 1 is 1.17 bits per heavy atom. The van der Waals surface area contributed by atoms with Gasteiger partial charge in [-0.1, -0.05) is 46.4 Å². The molecule has 2 rings (SSSR count). The standard InChI is InChI=1S/C13H16Cl3N2/c1-7-8(2)18(17-13(7,3)4)12-10(15)5-9(14)6-11(12)16/h5-7,17H,1-4H3/q+1/t7-/m0/s1. The number of hydrogen-bond donors (Lipinski definition) is 1. The fourth-order valence-electron chi connectivity index (χ4n) is 2.17. The van der Waals surface area contributed by atoms with Crippen LogP contribution in [0.2, 0.25) is 15.1 Å². The molecule has 1 N–H and O–H groups in total. The van der Waals surface area contributed by atoms with Crippen LogP contribution in [0.1, 0.15) is 27.7 Å². The van der Waals surface area contributed by atoms with Gasteiger partial charge in [0.05, 0.1) is 11.5 Å². The van der Waals surface area contributed by atoms with Crippen molar-refractivity contribution >= 4 is 46.2 Å². The fraction of sp³-hybridized carbons (Fsp3) is 0.462. The van der Waals surface area contributed by atoms with E-state index >= 15 is 0 Å². The Balaban J connectivity index is 2.58. The van der Waals surface area contributed by atoms with Crippen molar-refractivity contribution in [1.82, 2.24) is 5.43 Å². The Morgan fingerprint density at radius 3 is 2.06 bits per heavy atom. The van der Waals surface area contributed by atoms with E-state index in [1.165, 1.54) is 5.71 Å². The van der Waals surface area contributed by atoms with Crippen LogP contribution in [0.4, 0.5) is 5.69 Å². The van der Waals surface area contributed by atoms with Crippen molar-refractivity contribution in [3.63, 3.8) is 0 Å². The first-order valence-electron chi connectivity index (χ1n) is 5.80. The molecule has 2 nitrogen and oxygen atoms in total. The number of hydrazone groups is 1. The summed E-state index contributed by atoms with van der Waals surface area (Å²) in [6, 6.07) is 3.41. The van der Waals surface area contributed by atoms with Crippen molar-refractivity contribution in [2.45, 2.75) is 33.2 Å². The maximum absolute atomic E-state index is 6.26. The zero-order chi connectivity index (χ0) is 13.7. The molecule has 0 saturated carbocycles. The average Bonchev–Trinajstić information content (AvgIpc) is 2.41. The van der Waals surface area contributed by atoms with Crippen molar-refractivity contribution in [3.8, 4) is 0 Å². The average molecular weight is 307 g/mol. The molecule has 0 saturated heterocycles. The summed E-state index contributed by atoms with van der Waals surface area (Å²) in [5.41, 5.74) is 5.35. The van der Waals surface area contributed by atoms with E-state index in [2.05, 4.69) is 33.1 Å². The first kappa shape index (κ1) is 14.0. The fourth-order valence-corrected chi connectivity index (χ4v) is 3.16. The SMILES string of the molecule is CC1=[N+](c2c(Cl)cc(Cl)cc2Cl)NC(C)(C)[C@H]1C. The molecule has 1 heterocycles. The summed E-state index contributed by atoms with van der Waals surface area (Å²) in [7, 11) is 0. The van der Waals surface area contributed by atoms with Gasteiger partial charge in [-0.3, -0.25) is 0 Å². The largest absolute Gasteiger partial charge is 0.272 e. The highest BCUT2D eigenvalue weighted by molar-refractivity contribution is 6.41. The van der Waals surface area contributed by atoms with Gasteiger partial charge in [-0.05, 0) is 26.0 Å². The summed E-state index contributed by atoms with van der Waals surface area (Å²) >= 11 is 18.4. The van der Waals surface area contributed by atoms with Gasteiger partial charge in [-0.2, -0.15) is 5.43 Å². The first-order chi connectivity index (χ1) is 8.24. The van der Waals surface area contributed by atoms with E-state index in [4.69, 9.17) is 34.8 Å². The highest BCUT2D eigenvalue weighted by Crippen LogP contribution is 2.38. The molecule has 0 spiro atoms. The summed E-state index contributed by atoms with van der Waals surface area (Å²) < 4.78 is 1.96. The molecule has 98 valence electrons. The molecule has 0 unspecified atom stereocenters. The lowest BCUT2D eigenvalue weighted by atomic mass is 9.88. The molecule has 0 radical (unpaired) electrons. The van der Waals surface area contributed by atoms with E-state index in [1.807, 2.05) is 4.68 Å². The van der Waals surface area contributed by atoms with Gasteiger partial charge in [0, 0.05) is 11.9 Å². The lowest BCUT2D eigenvalue weighted by Gasteiger charge is -2.19. The zero-order valence-electron chi connectivity index (χ0n) is 10.8. The summed E-state index contributed by atoms with van der Waals surface area (Å²) in [6.45, 7) is 8.56. The van der Waals surface area contributed by atoms with Crippen molar-refractivity contribution in [2.24, 2.45) is 5.92 Å². The van der Waals surface area contributed by atoms with Gasteiger partial charge in [-0.15, -0.1) is 0 Å². The summed E-state index contributed by atoms with van der Waals surface area (Å²) in [5, 5.41) is 1.63. The molecule has 0 aliphatic carbocycles. The quantitative estimate of drug-likeness (QED) is 0.744. The number of benzene rings is 1. The lowest BCUT2D eigenvalue weighted by molar-refractivity contribution is -0.509. The van der Waals surface area contributed by atoms with Gasteiger partial charge in [-0.25, -0.2) is 0 Å². The predicted octanol–water partition coefficient (Wildman–Crippen LogP) is 4.68. The minimum Gasteiger partial charge on any atom is -0.186 e. The van der Waals surface area contributed by atoms with E-state index < -0.39 is 0 Å². The van der Waals surface area contributed by atoms with Crippen LogP contribution in [-0.2, 0) is 0 Å². The van der Waals surface area contributed by atoms with Crippen LogP contribution < -0.4 is 5.43 Å². The molecule has 18 heavy (non-hydrogen) atoms. The van der Waals surface area contributed by atoms with Gasteiger partial charge in [0.25, 0.3) is 5.69 Å². The lowest BCUT2D eigenvalue weighted by Crippen LogP contribution is -2.41. The smallest absolute Gasteiger partial charge is 0.186 e. The minimum atomic E-state index is -0.0314. The molecule has 0 aromatic heterocycles. The van der Waals surface area contributed by atoms with E-state index in [1.54, 1.807) is 12.1 Å². The highest BCUT2D eigenvalue weighted by Gasteiger charge is 2.44. The van der Waals surface area contributed by atoms with Crippen LogP contribution in [0.3, 0.4) is 0 Å².